The van der Waals surface area contributed by atoms with Gasteiger partial charge in [0.2, 0.25) is 0 Å². The fourth-order valence-corrected chi connectivity index (χ4v) is 3.90. The zero-order valence-corrected chi connectivity index (χ0v) is 15.1. The lowest BCUT2D eigenvalue weighted by Gasteiger charge is -2.37. The largest absolute Gasteiger partial charge is 0.342 e. The quantitative estimate of drug-likeness (QED) is 0.870. The van der Waals surface area contributed by atoms with Gasteiger partial charge in [-0.3, -0.25) is 14.8 Å². The molecule has 1 aliphatic carbocycles. The van der Waals surface area contributed by atoms with Crippen LogP contribution in [0.5, 0.6) is 0 Å². The van der Waals surface area contributed by atoms with Gasteiger partial charge >= 0.3 is 0 Å². The van der Waals surface area contributed by atoms with E-state index >= 15 is 0 Å². The van der Waals surface area contributed by atoms with Gasteiger partial charge in [0.05, 0.1) is 11.7 Å². The van der Waals surface area contributed by atoms with Crippen molar-refractivity contribution in [1.82, 2.24) is 20.2 Å². The molecule has 5 heteroatoms. The molecule has 136 valence electrons. The highest BCUT2D eigenvalue weighted by Crippen LogP contribution is 2.34. The number of pyridine rings is 2. The van der Waals surface area contributed by atoms with Crippen molar-refractivity contribution in [2.45, 2.75) is 31.7 Å². The topological polar surface area (TPSA) is 58.1 Å². The van der Waals surface area contributed by atoms with Crippen molar-refractivity contribution < 1.29 is 4.79 Å². The van der Waals surface area contributed by atoms with Crippen molar-refractivity contribution in [3.63, 3.8) is 0 Å². The maximum atomic E-state index is 12.7. The van der Waals surface area contributed by atoms with E-state index in [1.807, 2.05) is 30.3 Å². The van der Waals surface area contributed by atoms with E-state index in [9.17, 15) is 4.79 Å². The fraction of sp³-hybridized carbons (Fsp3) is 0.476. The Hall–Kier alpha value is -2.27. The Balaban J connectivity index is 1.51. The molecule has 0 unspecified atom stereocenters. The molecule has 4 rings (SSSR count). The van der Waals surface area contributed by atoms with Crippen LogP contribution in [-0.2, 0) is 0 Å². The number of hydrogen-bond donors (Lipinski definition) is 1. The van der Waals surface area contributed by atoms with Crippen LogP contribution in [0, 0.1) is 11.8 Å². The summed E-state index contributed by atoms with van der Waals surface area (Å²) in [6.45, 7) is 3.41. The van der Waals surface area contributed by atoms with Gasteiger partial charge in [-0.25, -0.2) is 0 Å². The Morgan fingerprint density at radius 3 is 2.62 bits per heavy atom. The maximum absolute atomic E-state index is 12.7. The second kappa shape index (κ2) is 7.96. The summed E-state index contributed by atoms with van der Waals surface area (Å²) in [6.07, 6.45) is 8.51. The molecule has 1 saturated heterocycles. The number of aromatic nitrogens is 2. The average Bonchev–Trinajstić information content (AvgIpc) is 3.51. The van der Waals surface area contributed by atoms with Gasteiger partial charge in [-0.05, 0) is 68.3 Å². The van der Waals surface area contributed by atoms with Crippen LogP contribution in [0.1, 0.15) is 47.9 Å². The molecule has 0 radical (unpaired) electrons. The molecule has 26 heavy (non-hydrogen) atoms. The third-order valence-corrected chi connectivity index (χ3v) is 5.42. The van der Waals surface area contributed by atoms with Crippen molar-refractivity contribution in [2.75, 3.05) is 19.6 Å². The minimum absolute atomic E-state index is 0.0762. The Morgan fingerprint density at radius 2 is 1.92 bits per heavy atom. The van der Waals surface area contributed by atoms with Crippen LogP contribution in [-0.4, -0.2) is 40.4 Å². The van der Waals surface area contributed by atoms with Crippen molar-refractivity contribution in [2.24, 2.45) is 11.8 Å². The van der Waals surface area contributed by atoms with E-state index < -0.39 is 0 Å². The lowest BCUT2D eigenvalue weighted by atomic mass is 9.88. The van der Waals surface area contributed by atoms with Gasteiger partial charge in [-0.1, -0.05) is 12.1 Å². The summed E-state index contributed by atoms with van der Waals surface area (Å²) in [6, 6.07) is 11.3. The standard InChI is InChI=1S/C21H26N4O/c26-21(19-8-2-4-12-23-19)24-20(18-7-1-3-11-22-18)17-6-5-13-25(15-17)14-16-9-10-16/h1-4,7-8,11-12,16-17,20H,5-6,9-10,13-15H2,(H,24,26)/t17-,20-/m0/s1. The molecular formula is C21H26N4O. The first-order chi connectivity index (χ1) is 12.8. The minimum atomic E-state index is -0.124. The maximum Gasteiger partial charge on any atom is 0.270 e. The summed E-state index contributed by atoms with van der Waals surface area (Å²) < 4.78 is 0. The van der Waals surface area contributed by atoms with E-state index in [4.69, 9.17) is 0 Å². The molecule has 1 N–H and O–H groups in total. The molecule has 0 spiro atoms. The molecule has 2 aromatic heterocycles. The van der Waals surface area contributed by atoms with Crippen molar-refractivity contribution in [3.8, 4) is 0 Å². The van der Waals surface area contributed by atoms with Crippen LogP contribution in [0.25, 0.3) is 0 Å². The second-order valence-electron chi connectivity index (χ2n) is 7.53. The zero-order valence-electron chi connectivity index (χ0n) is 15.1. The number of piperidine rings is 1. The van der Waals surface area contributed by atoms with Crippen molar-refractivity contribution in [3.05, 3.63) is 60.2 Å². The normalized spacial score (nSPS) is 21.9. The molecule has 1 aliphatic heterocycles. The van der Waals surface area contributed by atoms with Crippen LogP contribution in [0.4, 0.5) is 0 Å². The van der Waals surface area contributed by atoms with Gasteiger partial charge in [-0.2, -0.15) is 0 Å². The third-order valence-electron chi connectivity index (χ3n) is 5.42. The SMILES string of the molecule is O=C(N[C@H](c1ccccn1)[C@H]1CCCN(CC2CC2)C1)c1ccccn1. The Kier molecular flexibility index (Phi) is 5.25. The first kappa shape index (κ1) is 17.2. The zero-order chi connectivity index (χ0) is 17.8. The summed E-state index contributed by atoms with van der Waals surface area (Å²) in [5, 5.41) is 3.22. The number of amides is 1. The van der Waals surface area contributed by atoms with Gasteiger partial charge in [0.15, 0.2) is 0 Å². The lowest BCUT2D eigenvalue weighted by Crippen LogP contribution is -2.44. The number of hydrogen-bond acceptors (Lipinski definition) is 4. The molecule has 2 fully saturated rings. The van der Waals surface area contributed by atoms with Gasteiger partial charge in [0.25, 0.3) is 5.91 Å². The van der Waals surface area contributed by atoms with Crippen LogP contribution < -0.4 is 5.32 Å². The molecule has 2 aliphatic rings. The van der Waals surface area contributed by atoms with Crippen LogP contribution >= 0.6 is 0 Å². The molecule has 0 bridgehead atoms. The monoisotopic (exact) mass is 350 g/mol. The van der Waals surface area contributed by atoms with Crippen molar-refractivity contribution in [1.29, 1.82) is 0 Å². The van der Waals surface area contributed by atoms with Gasteiger partial charge in [0, 0.05) is 25.5 Å². The first-order valence-corrected chi connectivity index (χ1v) is 9.65. The van der Waals surface area contributed by atoms with Gasteiger partial charge in [-0.15, -0.1) is 0 Å². The number of rotatable bonds is 6. The molecule has 1 saturated carbocycles. The Labute approximate surface area is 154 Å². The number of likely N-dealkylation sites (tertiary alicyclic amines) is 1. The Morgan fingerprint density at radius 1 is 1.12 bits per heavy atom. The molecule has 3 heterocycles. The summed E-state index contributed by atoms with van der Waals surface area (Å²) >= 11 is 0. The highest BCUT2D eigenvalue weighted by Gasteiger charge is 2.33. The minimum Gasteiger partial charge on any atom is -0.342 e. The molecule has 5 nitrogen and oxygen atoms in total. The number of carbonyl (C=O) groups is 1. The number of nitrogens with zero attached hydrogens (tertiary/aromatic N) is 3. The first-order valence-electron chi connectivity index (χ1n) is 9.65. The predicted molar refractivity (Wildman–Crippen MR) is 101 cm³/mol. The summed E-state index contributed by atoms with van der Waals surface area (Å²) in [4.78, 5) is 24.0. The van der Waals surface area contributed by atoms with Crippen LogP contribution in [0.3, 0.4) is 0 Å². The van der Waals surface area contributed by atoms with E-state index in [-0.39, 0.29) is 11.9 Å². The second-order valence-corrected chi connectivity index (χ2v) is 7.53. The summed E-state index contributed by atoms with van der Waals surface area (Å²) in [7, 11) is 0. The summed E-state index contributed by atoms with van der Waals surface area (Å²) in [5.41, 5.74) is 1.40. The highest BCUT2D eigenvalue weighted by molar-refractivity contribution is 5.92. The van der Waals surface area contributed by atoms with Crippen LogP contribution in [0.15, 0.2) is 48.8 Å². The highest BCUT2D eigenvalue weighted by atomic mass is 16.1. The molecule has 2 atom stereocenters. The molecule has 0 aromatic carbocycles. The van der Waals surface area contributed by atoms with Crippen molar-refractivity contribution >= 4 is 5.91 Å². The summed E-state index contributed by atoms with van der Waals surface area (Å²) in [5.74, 6) is 1.15. The van der Waals surface area contributed by atoms with Gasteiger partial charge < -0.3 is 10.2 Å². The molecule has 1 amide bonds. The molecular weight excluding hydrogens is 324 g/mol. The number of nitrogens with one attached hydrogen (secondary N) is 1. The lowest BCUT2D eigenvalue weighted by molar-refractivity contribution is 0.0872. The number of carbonyl (C=O) groups excluding carboxylic acids is 1. The molecule has 2 aromatic rings. The smallest absolute Gasteiger partial charge is 0.270 e. The third kappa shape index (κ3) is 4.28. The van der Waals surface area contributed by atoms with Crippen LogP contribution in [0.2, 0.25) is 0 Å². The van der Waals surface area contributed by atoms with E-state index in [0.717, 1.165) is 24.6 Å². The average molecular weight is 350 g/mol. The van der Waals surface area contributed by atoms with E-state index in [0.29, 0.717) is 11.6 Å². The van der Waals surface area contributed by atoms with E-state index in [1.54, 1.807) is 18.5 Å². The fourth-order valence-electron chi connectivity index (χ4n) is 3.90. The Bertz CT molecular complexity index is 717. The van der Waals surface area contributed by atoms with E-state index in [2.05, 4.69) is 20.2 Å². The van der Waals surface area contributed by atoms with E-state index in [1.165, 1.54) is 32.4 Å². The van der Waals surface area contributed by atoms with Gasteiger partial charge in [0.1, 0.15) is 5.69 Å². The predicted octanol–water partition coefficient (Wildman–Crippen LogP) is 3.07.